The van der Waals surface area contributed by atoms with Crippen LogP contribution in [0.4, 0.5) is 5.13 Å². The van der Waals surface area contributed by atoms with E-state index >= 15 is 0 Å². The van der Waals surface area contributed by atoms with E-state index in [1.807, 2.05) is 4.90 Å². The number of amides is 1. The van der Waals surface area contributed by atoms with E-state index in [0.717, 1.165) is 60.3 Å². The Kier molecular flexibility index (Phi) is 3.71. The first-order valence-electron chi connectivity index (χ1n) is 9.55. The van der Waals surface area contributed by atoms with Gasteiger partial charge in [0.05, 0.1) is 23.9 Å². The standard InChI is InChI=1S/C18H25N3O3S2/c1-26(23,24)20-17-19-14-2-3-21(10-15(14)25-17)16(22)18-7-11-4-12(8-18)6-13(5-11)9-18/h11-13H,2-10H2,1H3,(H,19,20). The van der Waals surface area contributed by atoms with Crippen molar-refractivity contribution < 1.29 is 13.2 Å². The second-order valence-electron chi connectivity index (χ2n) is 8.94. The summed E-state index contributed by atoms with van der Waals surface area (Å²) < 4.78 is 25.3. The minimum atomic E-state index is -3.32. The molecule has 0 spiro atoms. The van der Waals surface area contributed by atoms with Gasteiger partial charge in [-0.1, -0.05) is 11.3 Å². The van der Waals surface area contributed by atoms with Gasteiger partial charge >= 0.3 is 0 Å². The molecule has 1 aromatic heterocycles. The molecular formula is C18H25N3O3S2. The highest BCUT2D eigenvalue weighted by Gasteiger charge is 2.55. The van der Waals surface area contributed by atoms with E-state index in [0.29, 0.717) is 24.1 Å². The minimum Gasteiger partial charge on any atom is -0.337 e. The van der Waals surface area contributed by atoms with Crippen molar-refractivity contribution in [2.45, 2.75) is 51.5 Å². The lowest BCUT2D eigenvalue weighted by Crippen LogP contribution is -2.55. The molecule has 5 aliphatic rings. The van der Waals surface area contributed by atoms with E-state index in [1.54, 1.807) is 0 Å². The summed E-state index contributed by atoms with van der Waals surface area (Å²) in [7, 11) is -3.32. The molecule has 4 aliphatic carbocycles. The van der Waals surface area contributed by atoms with Crippen LogP contribution < -0.4 is 4.72 Å². The molecule has 0 saturated heterocycles. The Morgan fingerprint density at radius 2 is 1.81 bits per heavy atom. The molecular weight excluding hydrogens is 370 g/mol. The van der Waals surface area contributed by atoms with Gasteiger partial charge in [0.1, 0.15) is 0 Å². The number of aromatic nitrogens is 1. The maximum atomic E-state index is 13.5. The maximum absolute atomic E-state index is 13.5. The van der Waals surface area contributed by atoms with Gasteiger partial charge in [-0.2, -0.15) is 0 Å². The molecule has 8 heteroatoms. The molecule has 4 bridgehead atoms. The largest absolute Gasteiger partial charge is 0.337 e. The maximum Gasteiger partial charge on any atom is 0.231 e. The number of thiazole rings is 1. The topological polar surface area (TPSA) is 79.4 Å². The number of sulfonamides is 1. The smallest absolute Gasteiger partial charge is 0.231 e. The third kappa shape index (κ3) is 2.85. The highest BCUT2D eigenvalue weighted by atomic mass is 32.2. The number of nitrogens with one attached hydrogen (secondary N) is 1. The van der Waals surface area contributed by atoms with Crippen molar-refractivity contribution in [1.29, 1.82) is 0 Å². The average molecular weight is 396 g/mol. The molecule has 142 valence electrons. The Balaban J connectivity index is 1.35. The number of hydrogen-bond donors (Lipinski definition) is 1. The van der Waals surface area contributed by atoms with E-state index in [1.165, 1.54) is 30.6 Å². The van der Waals surface area contributed by atoms with Gasteiger partial charge in [0.2, 0.25) is 15.9 Å². The monoisotopic (exact) mass is 395 g/mol. The molecule has 1 aliphatic heterocycles. The Bertz CT molecular complexity index is 826. The van der Waals surface area contributed by atoms with E-state index < -0.39 is 10.0 Å². The summed E-state index contributed by atoms with van der Waals surface area (Å²) in [6.45, 7) is 1.29. The SMILES string of the molecule is CS(=O)(=O)Nc1nc2c(s1)CN(C(=O)C13CC4CC(CC(C4)C1)C3)CC2. The Morgan fingerprint density at radius 3 is 2.38 bits per heavy atom. The molecule has 0 aromatic carbocycles. The first kappa shape index (κ1) is 17.0. The number of fused-ring (bicyclic) bond motifs is 1. The second kappa shape index (κ2) is 5.67. The number of anilines is 1. The molecule has 6 rings (SSSR count). The van der Waals surface area contributed by atoms with Crippen LogP contribution in [0.25, 0.3) is 0 Å². The van der Waals surface area contributed by atoms with Crippen LogP contribution >= 0.6 is 11.3 Å². The van der Waals surface area contributed by atoms with Gasteiger partial charge < -0.3 is 4.90 Å². The van der Waals surface area contributed by atoms with Crippen molar-refractivity contribution in [3.63, 3.8) is 0 Å². The molecule has 6 nitrogen and oxygen atoms in total. The van der Waals surface area contributed by atoms with Crippen molar-refractivity contribution >= 4 is 32.4 Å². The molecule has 0 atom stereocenters. The first-order chi connectivity index (χ1) is 12.3. The van der Waals surface area contributed by atoms with Crippen molar-refractivity contribution in [3.8, 4) is 0 Å². The predicted octanol–water partition coefficient (Wildman–Crippen LogP) is 2.62. The lowest BCUT2D eigenvalue weighted by atomic mass is 9.49. The quantitative estimate of drug-likeness (QED) is 0.853. The normalized spacial score (nSPS) is 35.4. The van der Waals surface area contributed by atoms with Crippen LogP contribution in [0.1, 0.15) is 49.1 Å². The lowest BCUT2D eigenvalue weighted by molar-refractivity contribution is -0.158. The van der Waals surface area contributed by atoms with E-state index in [2.05, 4.69) is 9.71 Å². The fraction of sp³-hybridized carbons (Fsp3) is 0.778. The number of hydrogen-bond acceptors (Lipinski definition) is 5. The summed E-state index contributed by atoms with van der Waals surface area (Å²) in [5.41, 5.74) is 0.834. The number of rotatable bonds is 3. The van der Waals surface area contributed by atoms with Gasteiger partial charge in [0.15, 0.2) is 5.13 Å². The van der Waals surface area contributed by atoms with Gasteiger partial charge in [-0.25, -0.2) is 13.4 Å². The highest BCUT2D eigenvalue weighted by Crippen LogP contribution is 2.60. The Hall–Kier alpha value is -1.15. The summed E-state index contributed by atoms with van der Waals surface area (Å²) in [5.74, 6) is 2.65. The fourth-order valence-electron chi connectivity index (χ4n) is 6.28. The minimum absolute atomic E-state index is 0.106. The zero-order valence-corrected chi connectivity index (χ0v) is 16.7. The van der Waals surface area contributed by atoms with Crippen LogP contribution in [-0.2, 0) is 27.8 Å². The van der Waals surface area contributed by atoms with Crippen LogP contribution in [-0.4, -0.2) is 37.0 Å². The van der Waals surface area contributed by atoms with E-state index in [-0.39, 0.29) is 5.41 Å². The van der Waals surface area contributed by atoms with Gasteiger partial charge in [-0.15, -0.1) is 0 Å². The van der Waals surface area contributed by atoms with Gasteiger partial charge in [-0.05, 0) is 56.3 Å². The van der Waals surface area contributed by atoms with E-state index in [9.17, 15) is 13.2 Å². The molecule has 0 unspecified atom stereocenters. The fourth-order valence-corrected chi connectivity index (χ4v) is 8.14. The van der Waals surface area contributed by atoms with Crippen molar-refractivity contribution in [2.24, 2.45) is 23.2 Å². The molecule has 4 saturated carbocycles. The summed E-state index contributed by atoms with van der Waals surface area (Å²) in [6, 6.07) is 0. The summed E-state index contributed by atoms with van der Waals surface area (Å²) in [5, 5.41) is 0.418. The van der Waals surface area contributed by atoms with E-state index in [4.69, 9.17) is 0 Å². The number of carbonyl (C=O) groups is 1. The molecule has 0 radical (unpaired) electrons. The zero-order valence-electron chi connectivity index (χ0n) is 15.0. The second-order valence-corrected chi connectivity index (χ2v) is 11.8. The molecule has 1 aromatic rings. The van der Waals surface area contributed by atoms with Crippen molar-refractivity contribution in [1.82, 2.24) is 9.88 Å². The summed E-state index contributed by atoms with van der Waals surface area (Å²) >= 11 is 1.37. The van der Waals surface area contributed by atoms with Crippen molar-refractivity contribution in [2.75, 3.05) is 17.5 Å². The van der Waals surface area contributed by atoms with Crippen molar-refractivity contribution in [3.05, 3.63) is 10.6 Å². The molecule has 26 heavy (non-hydrogen) atoms. The van der Waals surface area contributed by atoms with Crippen LogP contribution in [0, 0.1) is 23.2 Å². The first-order valence-corrected chi connectivity index (χ1v) is 12.3. The third-order valence-electron chi connectivity index (χ3n) is 6.78. The van der Waals surface area contributed by atoms with Crippen LogP contribution in [0.3, 0.4) is 0 Å². The van der Waals surface area contributed by atoms with Crippen LogP contribution in [0.2, 0.25) is 0 Å². The lowest BCUT2D eigenvalue weighted by Gasteiger charge is -2.56. The third-order valence-corrected chi connectivity index (χ3v) is 8.47. The van der Waals surface area contributed by atoms with Gasteiger partial charge in [0, 0.05) is 17.8 Å². The Morgan fingerprint density at radius 1 is 1.19 bits per heavy atom. The average Bonchev–Trinajstić information content (AvgIpc) is 2.91. The molecule has 1 N–H and O–H groups in total. The van der Waals surface area contributed by atoms with Gasteiger partial charge in [0.25, 0.3) is 0 Å². The zero-order chi connectivity index (χ0) is 18.1. The molecule has 4 fully saturated rings. The van der Waals surface area contributed by atoms with Crippen LogP contribution in [0.15, 0.2) is 0 Å². The van der Waals surface area contributed by atoms with Gasteiger partial charge in [-0.3, -0.25) is 9.52 Å². The Labute approximate surface area is 158 Å². The number of nitrogens with zero attached hydrogens (tertiary/aromatic N) is 2. The number of carbonyl (C=O) groups excluding carboxylic acids is 1. The highest BCUT2D eigenvalue weighted by molar-refractivity contribution is 7.92. The molecule has 1 amide bonds. The predicted molar refractivity (Wildman–Crippen MR) is 100 cm³/mol. The molecule has 2 heterocycles. The summed E-state index contributed by atoms with van der Waals surface area (Å²) in [4.78, 5) is 21.0. The summed E-state index contributed by atoms with van der Waals surface area (Å²) in [6.07, 6.45) is 9.13. The van der Waals surface area contributed by atoms with Crippen LogP contribution in [0.5, 0.6) is 0 Å².